The molecule has 2 aromatic carbocycles. The molecule has 1 saturated carbocycles. The minimum Gasteiger partial charge on any atom is -0.480 e. The van der Waals surface area contributed by atoms with Gasteiger partial charge in [0.15, 0.2) is 0 Å². The van der Waals surface area contributed by atoms with Gasteiger partial charge in [0.05, 0.1) is 0 Å². The summed E-state index contributed by atoms with van der Waals surface area (Å²) in [4.78, 5) is 17.4. The monoisotopic (exact) mass is 509 g/mol. The second-order valence-corrected chi connectivity index (χ2v) is 9.17. The number of rotatable bonds is 8. The van der Waals surface area contributed by atoms with Crippen molar-refractivity contribution in [2.45, 2.75) is 56.1 Å². The van der Waals surface area contributed by atoms with Crippen molar-refractivity contribution in [3.8, 4) is 0 Å². The quantitative estimate of drug-likeness (QED) is 0.373. The summed E-state index contributed by atoms with van der Waals surface area (Å²) < 4.78 is 13.6. The average molecular weight is 510 g/mol. The number of hydrogen-bond acceptors (Lipinski definition) is 3. The number of fused-ring (bicyclic) bond motifs is 1. The van der Waals surface area contributed by atoms with Gasteiger partial charge < -0.3 is 15.4 Å². The van der Waals surface area contributed by atoms with Crippen LogP contribution in [0.15, 0.2) is 54.7 Å². The Morgan fingerprint density at radius 3 is 2.47 bits per heavy atom. The first kappa shape index (κ1) is 28.1. The number of carboxylic acids is 1. The Morgan fingerprint density at radius 2 is 1.85 bits per heavy atom. The highest BCUT2D eigenvalue weighted by Crippen LogP contribution is 2.41. The first-order valence-corrected chi connectivity index (χ1v) is 11.4. The first-order chi connectivity index (χ1) is 15.4. The lowest BCUT2D eigenvalue weighted by Crippen LogP contribution is -2.50. The smallest absolute Gasteiger partial charge is 0.320 e. The van der Waals surface area contributed by atoms with E-state index in [1.165, 1.54) is 17.7 Å². The largest absolute Gasteiger partial charge is 0.480 e. The van der Waals surface area contributed by atoms with Crippen molar-refractivity contribution in [3.05, 3.63) is 71.7 Å². The number of halogens is 3. The molecule has 1 aliphatic rings. The van der Waals surface area contributed by atoms with E-state index in [9.17, 15) is 14.3 Å². The molecule has 3 N–H and O–H groups in total. The molecule has 0 radical (unpaired) electrons. The SMILES string of the molecule is CN(C)C1(c2ccccc2)CCC(NC(CCc2c[nH]c3ccc(F)cc23)C(=O)O)CC1.Cl.Cl. The Kier molecular flexibility index (Phi) is 9.95. The van der Waals surface area contributed by atoms with Gasteiger partial charge in [-0.25, -0.2) is 4.39 Å². The van der Waals surface area contributed by atoms with E-state index in [0.29, 0.717) is 12.8 Å². The zero-order chi connectivity index (χ0) is 22.7. The van der Waals surface area contributed by atoms with Crippen LogP contribution in [0, 0.1) is 5.82 Å². The van der Waals surface area contributed by atoms with Crippen LogP contribution in [-0.4, -0.2) is 47.1 Å². The number of H-pyrrole nitrogens is 1. The Bertz CT molecular complexity index is 1070. The highest BCUT2D eigenvalue weighted by Gasteiger charge is 2.39. The van der Waals surface area contributed by atoms with Crippen molar-refractivity contribution >= 4 is 41.7 Å². The van der Waals surface area contributed by atoms with E-state index >= 15 is 0 Å². The second-order valence-electron chi connectivity index (χ2n) is 9.17. The van der Waals surface area contributed by atoms with Crippen LogP contribution in [0.5, 0.6) is 0 Å². The molecule has 186 valence electrons. The molecule has 0 saturated heterocycles. The van der Waals surface area contributed by atoms with Gasteiger partial charge in [0.1, 0.15) is 11.9 Å². The fourth-order valence-electron chi connectivity index (χ4n) is 5.22. The van der Waals surface area contributed by atoms with Crippen LogP contribution < -0.4 is 5.32 Å². The minimum absolute atomic E-state index is 0. The maximum Gasteiger partial charge on any atom is 0.320 e. The Hall–Kier alpha value is -2.12. The van der Waals surface area contributed by atoms with Gasteiger partial charge in [0.2, 0.25) is 0 Å². The van der Waals surface area contributed by atoms with Gasteiger partial charge in [-0.3, -0.25) is 9.69 Å². The minimum atomic E-state index is -0.830. The third kappa shape index (κ3) is 5.92. The van der Waals surface area contributed by atoms with E-state index in [1.807, 2.05) is 12.3 Å². The molecule has 0 amide bonds. The number of hydrogen-bond donors (Lipinski definition) is 3. The highest BCUT2D eigenvalue weighted by atomic mass is 35.5. The summed E-state index contributed by atoms with van der Waals surface area (Å²) in [6, 6.07) is 14.8. The van der Waals surface area contributed by atoms with Crippen molar-refractivity contribution in [2.24, 2.45) is 0 Å². The number of benzene rings is 2. The zero-order valence-electron chi connectivity index (χ0n) is 19.6. The molecule has 1 fully saturated rings. The van der Waals surface area contributed by atoms with Crippen LogP contribution >= 0.6 is 24.8 Å². The summed E-state index contributed by atoms with van der Waals surface area (Å²) in [5.74, 6) is -1.11. The molecule has 1 aliphatic carbocycles. The molecule has 3 aromatic rings. The molecule has 1 aromatic heterocycles. The highest BCUT2D eigenvalue weighted by molar-refractivity contribution is 5.85. The van der Waals surface area contributed by atoms with Gasteiger partial charge in [-0.2, -0.15) is 0 Å². The van der Waals surface area contributed by atoms with E-state index in [4.69, 9.17) is 0 Å². The number of carboxylic acid groups (broad SMARTS) is 1. The summed E-state index contributed by atoms with van der Waals surface area (Å²) in [5, 5.41) is 14.0. The fourth-order valence-corrected chi connectivity index (χ4v) is 5.22. The molecule has 0 aliphatic heterocycles. The van der Waals surface area contributed by atoms with Gasteiger partial charge in [0, 0.05) is 28.7 Å². The normalized spacial score (nSPS) is 21.0. The predicted molar refractivity (Wildman–Crippen MR) is 140 cm³/mol. The number of aromatic amines is 1. The average Bonchev–Trinajstić information content (AvgIpc) is 3.19. The predicted octanol–water partition coefficient (Wildman–Crippen LogP) is 5.53. The van der Waals surface area contributed by atoms with Gasteiger partial charge in [-0.05, 0) is 81.9 Å². The lowest BCUT2D eigenvalue weighted by atomic mass is 9.74. The van der Waals surface area contributed by atoms with Gasteiger partial charge in [0.25, 0.3) is 0 Å². The third-order valence-corrected chi connectivity index (χ3v) is 7.15. The Labute approximate surface area is 212 Å². The number of aryl methyl sites for hydroxylation is 1. The van der Waals surface area contributed by atoms with E-state index in [0.717, 1.165) is 42.1 Å². The molecule has 0 bridgehead atoms. The number of nitrogens with one attached hydrogen (secondary N) is 2. The number of carbonyl (C=O) groups is 1. The number of aliphatic carboxylic acids is 1. The molecule has 1 unspecified atom stereocenters. The summed E-state index contributed by atoms with van der Waals surface area (Å²) in [6.07, 6.45) is 6.71. The Balaban J connectivity index is 0.00000204. The molecular weight excluding hydrogens is 476 g/mol. The molecule has 1 heterocycles. The van der Waals surface area contributed by atoms with Crippen LogP contribution in [-0.2, 0) is 16.8 Å². The number of nitrogens with zero attached hydrogens (tertiary/aromatic N) is 1. The molecule has 1 atom stereocenters. The van der Waals surface area contributed by atoms with Crippen LogP contribution in [0.25, 0.3) is 10.9 Å². The molecule has 8 heteroatoms. The first-order valence-electron chi connectivity index (χ1n) is 11.4. The van der Waals surface area contributed by atoms with Gasteiger partial charge in [-0.1, -0.05) is 30.3 Å². The zero-order valence-corrected chi connectivity index (χ0v) is 21.2. The third-order valence-electron chi connectivity index (χ3n) is 7.15. The Morgan fingerprint density at radius 1 is 1.18 bits per heavy atom. The maximum absolute atomic E-state index is 13.6. The molecule has 5 nitrogen and oxygen atoms in total. The van der Waals surface area contributed by atoms with Gasteiger partial charge in [-0.15, -0.1) is 24.8 Å². The lowest BCUT2D eigenvalue weighted by Gasteiger charge is -2.46. The van der Waals surface area contributed by atoms with Crippen LogP contribution in [0.1, 0.15) is 43.2 Å². The van der Waals surface area contributed by atoms with Crippen LogP contribution in [0.2, 0.25) is 0 Å². The van der Waals surface area contributed by atoms with E-state index in [2.05, 4.69) is 53.6 Å². The van der Waals surface area contributed by atoms with Crippen LogP contribution in [0.3, 0.4) is 0 Å². The van der Waals surface area contributed by atoms with Crippen LogP contribution in [0.4, 0.5) is 4.39 Å². The molecule has 0 spiro atoms. The summed E-state index contributed by atoms with van der Waals surface area (Å²) in [5.41, 5.74) is 3.14. The summed E-state index contributed by atoms with van der Waals surface area (Å²) in [7, 11) is 4.26. The van der Waals surface area contributed by atoms with E-state index in [1.54, 1.807) is 6.07 Å². The van der Waals surface area contributed by atoms with Crippen molar-refractivity contribution in [2.75, 3.05) is 14.1 Å². The lowest BCUT2D eigenvalue weighted by molar-refractivity contribution is -0.140. The standard InChI is InChI=1S/C26H32FN3O2.2ClH/c1-30(2)26(19-6-4-3-5-7-19)14-12-21(13-15-26)29-24(25(31)32)10-8-18-17-28-23-11-9-20(27)16-22(18)23;;/h3-7,9,11,16-17,21,24,28-29H,8,10,12-15H2,1-2H3,(H,31,32);2*1H. The number of aromatic nitrogens is 1. The topological polar surface area (TPSA) is 68.4 Å². The van der Waals surface area contributed by atoms with Crippen molar-refractivity contribution < 1.29 is 14.3 Å². The van der Waals surface area contributed by atoms with Crippen molar-refractivity contribution in [3.63, 3.8) is 0 Å². The second kappa shape index (κ2) is 12.0. The fraction of sp³-hybridized carbons (Fsp3) is 0.423. The molecule has 34 heavy (non-hydrogen) atoms. The van der Waals surface area contributed by atoms with Gasteiger partial charge >= 0.3 is 5.97 Å². The van der Waals surface area contributed by atoms with E-state index in [-0.39, 0.29) is 42.2 Å². The van der Waals surface area contributed by atoms with E-state index < -0.39 is 12.0 Å². The summed E-state index contributed by atoms with van der Waals surface area (Å²) >= 11 is 0. The van der Waals surface area contributed by atoms with Crippen molar-refractivity contribution in [1.82, 2.24) is 15.2 Å². The summed E-state index contributed by atoms with van der Waals surface area (Å²) in [6.45, 7) is 0. The molecular formula is C26H34Cl2FN3O2. The molecule has 4 rings (SSSR count). The van der Waals surface area contributed by atoms with Crippen molar-refractivity contribution in [1.29, 1.82) is 0 Å². The maximum atomic E-state index is 13.6.